The molecule has 0 aromatic rings. The number of carbonyl (C=O) groups is 1. The maximum Gasteiger partial charge on any atom is 0.138 e. The van der Waals surface area contributed by atoms with Gasteiger partial charge in [0.2, 0.25) is 0 Å². The lowest BCUT2D eigenvalue weighted by atomic mass is 9.77. The maximum atomic E-state index is 11.3. The topological polar surface area (TPSA) is 37.3 Å². The molecule has 1 fully saturated rings. The van der Waals surface area contributed by atoms with Crippen molar-refractivity contribution in [2.24, 2.45) is 11.8 Å². The lowest BCUT2D eigenvalue weighted by Gasteiger charge is -2.29. The summed E-state index contributed by atoms with van der Waals surface area (Å²) in [5.74, 6) is 0.527. The van der Waals surface area contributed by atoms with E-state index in [1.54, 1.807) is 6.92 Å². The van der Waals surface area contributed by atoms with Crippen molar-refractivity contribution < 1.29 is 9.90 Å². The number of hydrogen-bond acceptors (Lipinski definition) is 2. The molecule has 0 aromatic carbocycles. The van der Waals surface area contributed by atoms with Crippen LogP contribution < -0.4 is 0 Å². The summed E-state index contributed by atoms with van der Waals surface area (Å²) < 4.78 is 0. The normalized spacial score (nSPS) is 35.4. The van der Waals surface area contributed by atoms with E-state index in [1.165, 1.54) is 0 Å². The Bertz CT molecular complexity index is 152. The molecule has 0 aromatic heterocycles. The number of aliphatic hydroxyl groups excluding tert-OH is 1. The van der Waals surface area contributed by atoms with Gasteiger partial charge in [-0.15, -0.1) is 0 Å². The van der Waals surface area contributed by atoms with Crippen LogP contribution in [0.2, 0.25) is 0 Å². The van der Waals surface area contributed by atoms with Crippen molar-refractivity contribution >= 4 is 5.78 Å². The number of hydrogen-bond donors (Lipinski definition) is 1. The minimum Gasteiger partial charge on any atom is -0.393 e. The van der Waals surface area contributed by atoms with Crippen LogP contribution in [-0.4, -0.2) is 17.0 Å². The zero-order valence-electron chi connectivity index (χ0n) is 7.21. The van der Waals surface area contributed by atoms with E-state index in [2.05, 4.69) is 6.92 Å². The standard InChI is InChI=1S/C9H16O2/c1-6-4-3-5-8(11)9(6)7(2)10/h6-7,9-10H,3-5H2,1-2H3. The Morgan fingerprint density at radius 1 is 1.64 bits per heavy atom. The van der Waals surface area contributed by atoms with Crippen molar-refractivity contribution in [1.29, 1.82) is 0 Å². The first kappa shape index (κ1) is 8.72. The molecular weight excluding hydrogens is 140 g/mol. The molecule has 1 N–H and O–H groups in total. The Kier molecular flexibility index (Phi) is 2.66. The SMILES string of the molecule is CC(O)C1C(=O)CCCC1C. The highest BCUT2D eigenvalue weighted by atomic mass is 16.3. The maximum absolute atomic E-state index is 11.3. The monoisotopic (exact) mass is 156 g/mol. The van der Waals surface area contributed by atoms with E-state index in [4.69, 9.17) is 0 Å². The Hall–Kier alpha value is -0.370. The van der Waals surface area contributed by atoms with Crippen molar-refractivity contribution in [2.75, 3.05) is 0 Å². The summed E-state index contributed by atoms with van der Waals surface area (Å²) in [6, 6.07) is 0. The molecule has 0 spiro atoms. The Morgan fingerprint density at radius 2 is 2.27 bits per heavy atom. The van der Waals surface area contributed by atoms with E-state index < -0.39 is 6.10 Å². The van der Waals surface area contributed by atoms with Crippen LogP contribution in [-0.2, 0) is 4.79 Å². The van der Waals surface area contributed by atoms with Crippen molar-refractivity contribution in [3.05, 3.63) is 0 Å². The molecule has 3 atom stereocenters. The first-order valence-corrected chi connectivity index (χ1v) is 4.33. The number of ketones is 1. The van der Waals surface area contributed by atoms with E-state index in [0.717, 1.165) is 12.8 Å². The van der Waals surface area contributed by atoms with Gasteiger partial charge >= 0.3 is 0 Å². The fraction of sp³-hybridized carbons (Fsp3) is 0.889. The predicted molar refractivity (Wildman–Crippen MR) is 43.2 cm³/mol. The van der Waals surface area contributed by atoms with Crippen LogP contribution in [0.25, 0.3) is 0 Å². The third-order valence-corrected chi connectivity index (χ3v) is 2.59. The number of Topliss-reactive ketones (excluding diaryl/α,β-unsaturated/α-hetero) is 1. The first-order chi connectivity index (χ1) is 5.13. The fourth-order valence-corrected chi connectivity index (χ4v) is 2.01. The Labute approximate surface area is 67.6 Å². The van der Waals surface area contributed by atoms with Gasteiger partial charge in [-0.25, -0.2) is 0 Å². The van der Waals surface area contributed by atoms with Crippen LogP contribution in [0.5, 0.6) is 0 Å². The molecule has 0 amide bonds. The number of aliphatic hydroxyl groups is 1. The third kappa shape index (κ3) is 1.80. The van der Waals surface area contributed by atoms with Crippen LogP contribution in [0.3, 0.4) is 0 Å². The van der Waals surface area contributed by atoms with Crippen molar-refractivity contribution in [2.45, 2.75) is 39.2 Å². The van der Waals surface area contributed by atoms with Crippen molar-refractivity contribution in [3.8, 4) is 0 Å². The zero-order chi connectivity index (χ0) is 8.43. The Balaban J connectivity index is 2.63. The lowest BCUT2D eigenvalue weighted by Crippen LogP contribution is -2.34. The molecule has 3 unspecified atom stereocenters. The van der Waals surface area contributed by atoms with Gasteiger partial charge in [0.05, 0.1) is 6.10 Å². The molecule has 0 aliphatic heterocycles. The molecule has 2 nitrogen and oxygen atoms in total. The molecule has 1 saturated carbocycles. The van der Waals surface area contributed by atoms with Gasteiger partial charge in [0.1, 0.15) is 5.78 Å². The molecule has 11 heavy (non-hydrogen) atoms. The molecule has 2 heteroatoms. The second-order valence-corrected chi connectivity index (χ2v) is 3.60. The minimum atomic E-state index is -0.460. The zero-order valence-corrected chi connectivity index (χ0v) is 7.21. The smallest absolute Gasteiger partial charge is 0.138 e. The highest BCUT2D eigenvalue weighted by Crippen LogP contribution is 2.29. The van der Waals surface area contributed by atoms with Gasteiger partial charge < -0.3 is 5.11 Å². The van der Waals surface area contributed by atoms with Crippen molar-refractivity contribution in [3.63, 3.8) is 0 Å². The predicted octanol–water partition coefficient (Wildman–Crippen LogP) is 1.37. The first-order valence-electron chi connectivity index (χ1n) is 4.33. The van der Waals surface area contributed by atoms with Gasteiger partial charge in [-0.1, -0.05) is 6.92 Å². The summed E-state index contributed by atoms with van der Waals surface area (Å²) in [6.07, 6.45) is 2.29. The van der Waals surface area contributed by atoms with Gasteiger partial charge in [-0.05, 0) is 25.7 Å². The molecule has 1 aliphatic carbocycles. The van der Waals surface area contributed by atoms with E-state index >= 15 is 0 Å². The Morgan fingerprint density at radius 3 is 2.64 bits per heavy atom. The van der Waals surface area contributed by atoms with E-state index in [1.807, 2.05) is 0 Å². The number of carbonyl (C=O) groups excluding carboxylic acids is 1. The van der Waals surface area contributed by atoms with Gasteiger partial charge in [-0.3, -0.25) is 4.79 Å². The van der Waals surface area contributed by atoms with Gasteiger partial charge in [0, 0.05) is 12.3 Å². The molecular formula is C9H16O2. The van der Waals surface area contributed by atoms with Gasteiger partial charge in [0.25, 0.3) is 0 Å². The number of rotatable bonds is 1. The van der Waals surface area contributed by atoms with Crippen LogP contribution in [0.1, 0.15) is 33.1 Å². The molecule has 0 bridgehead atoms. The van der Waals surface area contributed by atoms with Crippen molar-refractivity contribution in [1.82, 2.24) is 0 Å². The third-order valence-electron chi connectivity index (χ3n) is 2.59. The molecule has 64 valence electrons. The largest absolute Gasteiger partial charge is 0.393 e. The fourth-order valence-electron chi connectivity index (χ4n) is 2.01. The average molecular weight is 156 g/mol. The molecule has 0 heterocycles. The van der Waals surface area contributed by atoms with Crippen LogP contribution in [0.4, 0.5) is 0 Å². The van der Waals surface area contributed by atoms with Gasteiger partial charge in [-0.2, -0.15) is 0 Å². The van der Waals surface area contributed by atoms with E-state index in [0.29, 0.717) is 12.3 Å². The average Bonchev–Trinajstić information content (AvgIpc) is 1.85. The molecule has 1 rings (SSSR count). The molecule has 1 aliphatic rings. The molecule has 0 radical (unpaired) electrons. The minimum absolute atomic E-state index is 0.0938. The second kappa shape index (κ2) is 3.35. The van der Waals surface area contributed by atoms with Crippen LogP contribution >= 0.6 is 0 Å². The van der Waals surface area contributed by atoms with Crippen LogP contribution in [0.15, 0.2) is 0 Å². The highest BCUT2D eigenvalue weighted by molar-refractivity contribution is 5.82. The summed E-state index contributed by atoms with van der Waals surface area (Å²) in [5, 5.41) is 9.30. The quantitative estimate of drug-likeness (QED) is 0.622. The van der Waals surface area contributed by atoms with Crippen LogP contribution in [0, 0.1) is 11.8 Å². The summed E-state index contributed by atoms with van der Waals surface area (Å²) in [6.45, 7) is 3.76. The van der Waals surface area contributed by atoms with E-state index in [9.17, 15) is 9.90 Å². The van der Waals surface area contributed by atoms with E-state index in [-0.39, 0.29) is 11.7 Å². The lowest BCUT2D eigenvalue weighted by molar-refractivity contribution is -0.130. The molecule has 0 saturated heterocycles. The summed E-state index contributed by atoms with van der Waals surface area (Å²) >= 11 is 0. The second-order valence-electron chi connectivity index (χ2n) is 3.60. The van der Waals surface area contributed by atoms with Gasteiger partial charge in [0.15, 0.2) is 0 Å². The highest BCUT2D eigenvalue weighted by Gasteiger charge is 2.31. The summed E-state index contributed by atoms with van der Waals surface area (Å²) in [7, 11) is 0. The summed E-state index contributed by atoms with van der Waals surface area (Å²) in [5.41, 5.74) is 0. The summed E-state index contributed by atoms with van der Waals surface area (Å²) in [4.78, 5) is 11.3.